The van der Waals surface area contributed by atoms with E-state index >= 15 is 0 Å². The van der Waals surface area contributed by atoms with E-state index in [1.54, 1.807) is 4.90 Å². The molecule has 3 rings (SSSR count). The lowest BCUT2D eigenvalue weighted by atomic mass is 9.98. The van der Waals surface area contributed by atoms with Crippen molar-refractivity contribution in [1.82, 2.24) is 4.90 Å². The normalized spacial score (nSPS) is 23.8. The molecule has 2 aliphatic rings. The molecule has 1 aliphatic carbocycles. The van der Waals surface area contributed by atoms with Crippen molar-refractivity contribution in [3.05, 3.63) is 29.8 Å². The van der Waals surface area contributed by atoms with Crippen LogP contribution in [0, 0.1) is 11.8 Å². The second kappa shape index (κ2) is 7.54. The maximum absolute atomic E-state index is 12.2. The Hall–Kier alpha value is -1.92. The average Bonchev–Trinajstić information content (AvgIpc) is 3.42. The first-order valence-electron chi connectivity index (χ1n) is 8.92. The van der Waals surface area contributed by atoms with Gasteiger partial charge in [-0.25, -0.2) is 0 Å². The number of rotatable bonds is 6. The van der Waals surface area contributed by atoms with Crippen molar-refractivity contribution in [2.75, 3.05) is 25.1 Å². The van der Waals surface area contributed by atoms with Gasteiger partial charge in [0.1, 0.15) is 12.7 Å². The van der Waals surface area contributed by atoms with Crippen LogP contribution in [0.25, 0.3) is 0 Å². The van der Waals surface area contributed by atoms with Crippen molar-refractivity contribution < 1.29 is 19.4 Å². The van der Waals surface area contributed by atoms with Crippen LogP contribution in [0.3, 0.4) is 0 Å². The third-order valence-electron chi connectivity index (χ3n) is 4.66. The number of carbonyl (C=O) groups is 2. The number of anilines is 1. The highest BCUT2D eigenvalue weighted by molar-refractivity contribution is 5.94. The van der Waals surface area contributed by atoms with Crippen LogP contribution in [0.2, 0.25) is 0 Å². The predicted octanol–water partition coefficient (Wildman–Crippen LogP) is 1.95. The molecule has 1 aliphatic heterocycles. The number of nitrogens with zero attached hydrogens (tertiary/aromatic N) is 1. The SMILES string of the molecule is CC(C)CN1C(=O)COC(c2ccc(NC(=O)C3CC3)cc2)C1CO. The van der Waals surface area contributed by atoms with Gasteiger partial charge in [0.05, 0.1) is 12.6 Å². The molecule has 1 aromatic rings. The minimum Gasteiger partial charge on any atom is -0.394 e. The number of benzene rings is 1. The van der Waals surface area contributed by atoms with Gasteiger partial charge in [-0.1, -0.05) is 26.0 Å². The molecule has 2 unspecified atom stereocenters. The van der Waals surface area contributed by atoms with E-state index in [2.05, 4.69) is 5.32 Å². The lowest BCUT2D eigenvalue weighted by molar-refractivity contribution is -0.161. The molecular formula is C19H26N2O4. The van der Waals surface area contributed by atoms with E-state index in [0.29, 0.717) is 12.5 Å². The Morgan fingerprint density at radius 2 is 2.00 bits per heavy atom. The van der Waals surface area contributed by atoms with E-state index in [4.69, 9.17) is 4.74 Å². The first-order chi connectivity index (χ1) is 12.0. The second-order valence-corrected chi connectivity index (χ2v) is 7.31. The van der Waals surface area contributed by atoms with Crippen LogP contribution in [0.15, 0.2) is 24.3 Å². The van der Waals surface area contributed by atoms with Crippen LogP contribution in [-0.4, -0.2) is 47.6 Å². The number of nitrogens with one attached hydrogen (secondary N) is 1. The second-order valence-electron chi connectivity index (χ2n) is 7.31. The standard InChI is InChI=1S/C19H26N2O4/c1-12(2)9-21-16(10-22)18(25-11-17(21)23)13-5-7-15(8-6-13)20-19(24)14-3-4-14/h5-8,12,14,16,18,22H,3-4,9-11H2,1-2H3,(H,20,24). The Labute approximate surface area is 148 Å². The Bertz CT molecular complexity index is 625. The van der Waals surface area contributed by atoms with Crippen molar-refractivity contribution in [2.24, 2.45) is 11.8 Å². The summed E-state index contributed by atoms with van der Waals surface area (Å²) in [6.45, 7) is 4.56. The van der Waals surface area contributed by atoms with Crippen molar-refractivity contribution >= 4 is 17.5 Å². The number of morpholine rings is 1. The van der Waals surface area contributed by atoms with E-state index in [9.17, 15) is 14.7 Å². The monoisotopic (exact) mass is 346 g/mol. The predicted molar refractivity (Wildman–Crippen MR) is 93.9 cm³/mol. The molecule has 0 spiro atoms. The Balaban J connectivity index is 1.72. The Morgan fingerprint density at radius 1 is 1.32 bits per heavy atom. The van der Waals surface area contributed by atoms with Gasteiger partial charge in [0.15, 0.2) is 0 Å². The van der Waals surface area contributed by atoms with Crippen LogP contribution in [0.1, 0.15) is 38.4 Å². The van der Waals surface area contributed by atoms with E-state index in [-0.39, 0.29) is 37.0 Å². The fourth-order valence-electron chi connectivity index (χ4n) is 3.19. The molecule has 6 heteroatoms. The van der Waals surface area contributed by atoms with Crippen LogP contribution in [-0.2, 0) is 14.3 Å². The van der Waals surface area contributed by atoms with E-state index in [0.717, 1.165) is 24.1 Å². The largest absolute Gasteiger partial charge is 0.394 e. The van der Waals surface area contributed by atoms with Gasteiger partial charge in [-0.3, -0.25) is 9.59 Å². The molecule has 2 N–H and O–H groups in total. The highest BCUT2D eigenvalue weighted by Crippen LogP contribution is 2.32. The van der Waals surface area contributed by atoms with E-state index < -0.39 is 6.04 Å². The first kappa shape index (κ1) is 17.9. The zero-order chi connectivity index (χ0) is 18.0. The fourth-order valence-corrected chi connectivity index (χ4v) is 3.19. The molecule has 1 saturated carbocycles. The molecule has 1 saturated heterocycles. The Morgan fingerprint density at radius 3 is 2.56 bits per heavy atom. The lowest BCUT2D eigenvalue weighted by Crippen LogP contribution is -2.53. The molecule has 2 fully saturated rings. The maximum Gasteiger partial charge on any atom is 0.249 e. The molecule has 0 radical (unpaired) electrons. The molecule has 1 heterocycles. The summed E-state index contributed by atoms with van der Waals surface area (Å²) in [6.07, 6.45) is 1.57. The number of hydrogen-bond acceptors (Lipinski definition) is 4. The minimum absolute atomic E-state index is 0.0219. The molecule has 0 bridgehead atoms. The van der Waals surface area contributed by atoms with Gasteiger partial charge in [-0.2, -0.15) is 0 Å². The summed E-state index contributed by atoms with van der Waals surface area (Å²) in [5.74, 6) is 0.466. The van der Waals surface area contributed by atoms with Crippen LogP contribution in [0.4, 0.5) is 5.69 Å². The van der Waals surface area contributed by atoms with E-state index in [1.165, 1.54) is 0 Å². The molecule has 6 nitrogen and oxygen atoms in total. The van der Waals surface area contributed by atoms with Crippen LogP contribution in [0.5, 0.6) is 0 Å². The van der Waals surface area contributed by atoms with Gasteiger partial charge in [-0.15, -0.1) is 0 Å². The van der Waals surface area contributed by atoms with Crippen molar-refractivity contribution in [3.8, 4) is 0 Å². The van der Waals surface area contributed by atoms with Gasteiger partial charge < -0.3 is 20.1 Å². The summed E-state index contributed by atoms with van der Waals surface area (Å²) in [7, 11) is 0. The van der Waals surface area contributed by atoms with Gasteiger partial charge >= 0.3 is 0 Å². The highest BCUT2D eigenvalue weighted by Gasteiger charge is 2.37. The number of carbonyl (C=O) groups excluding carboxylic acids is 2. The molecule has 0 aromatic heterocycles. The van der Waals surface area contributed by atoms with Gasteiger partial charge in [0, 0.05) is 18.2 Å². The van der Waals surface area contributed by atoms with Gasteiger partial charge in [0.25, 0.3) is 0 Å². The van der Waals surface area contributed by atoms with Crippen molar-refractivity contribution in [1.29, 1.82) is 0 Å². The topological polar surface area (TPSA) is 78.9 Å². The first-order valence-corrected chi connectivity index (χ1v) is 8.92. The van der Waals surface area contributed by atoms with Crippen molar-refractivity contribution in [3.63, 3.8) is 0 Å². The molecule has 1 aromatic carbocycles. The summed E-state index contributed by atoms with van der Waals surface area (Å²) in [6, 6.07) is 7.07. The molecule has 136 valence electrons. The Kier molecular flexibility index (Phi) is 5.39. The lowest BCUT2D eigenvalue weighted by Gasteiger charge is -2.41. The van der Waals surface area contributed by atoms with E-state index in [1.807, 2.05) is 38.1 Å². The number of ether oxygens (including phenoxy) is 1. The maximum atomic E-state index is 12.2. The smallest absolute Gasteiger partial charge is 0.249 e. The number of amides is 2. The summed E-state index contributed by atoms with van der Waals surface area (Å²) in [5, 5.41) is 12.7. The van der Waals surface area contributed by atoms with Crippen molar-refractivity contribution in [2.45, 2.75) is 38.8 Å². The molecule has 2 atom stereocenters. The summed E-state index contributed by atoms with van der Waals surface area (Å²) in [5.41, 5.74) is 1.65. The summed E-state index contributed by atoms with van der Waals surface area (Å²) in [4.78, 5) is 25.7. The van der Waals surface area contributed by atoms with Gasteiger partial charge in [-0.05, 0) is 36.5 Å². The van der Waals surface area contributed by atoms with Crippen LogP contribution >= 0.6 is 0 Å². The summed E-state index contributed by atoms with van der Waals surface area (Å²) < 4.78 is 5.72. The van der Waals surface area contributed by atoms with Crippen LogP contribution < -0.4 is 5.32 Å². The quantitative estimate of drug-likeness (QED) is 0.825. The fraction of sp³-hybridized carbons (Fsp3) is 0.579. The molecule has 25 heavy (non-hydrogen) atoms. The number of aliphatic hydroxyl groups excluding tert-OH is 1. The average molecular weight is 346 g/mol. The molecular weight excluding hydrogens is 320 g/mol. The minimum atomic E-state index is -0.393. The number of hydrogen-bond donors (Lipinski definition) is 2. The molecule has 2 amide bonds. The third-order valence-corrected chi connectivity index (χ3v) is 4.66. The summed E-state index contributed by atoms with van der Waals surface area (Å²) >= 11 is 0. The van der Waals surface area contributed by atoms with Gasteiger partial charge in [0.2, 0.25) is 11.8 Å². The third kappa shape index (κ3) is 4.19. The number of aliphatic hydroxyl groups is 1. The zero-order valence-corrected chi connectivity index (χ0v) is 14.8. The highest BCUT2D eigenvalue weighted by atomic mass is 16.5. The zero-order valence-electron chi connectivity index (χ0n) is 14.8.